The first-order valence-electron chi connectivity index (χ1n) is 15.3. The third-order valence-electron chi connectivity index (χ3n) is 9.18. The van der Waals surface area contributed by atoms with Crippen LogP contribution < -0.4 is 26.6 Å². The second kappa shape index (κ2) is 12.8. The Morgan fingerprint density at radius 3 is 2.16 bits per heavy atom. The number of piperidine rings is 1. The largest absolute Gasteiger partial charge is 0.346 e. The van der Waals surface area contributed by atoms with E-state index in [1.807, 2.05) is 34.6 Å². The zero-order chi connectivity index (χ0) is 34.2. The van der Waals surface area contributed by atoms with E-state index in [0.717, 1.165) is 4.90 Å². The van der Waals surface area contributed by atoms with Crippen molar-refractivity contribution in [1.29, 1.82) is 0 Å². The highest BCUT2D eigenvalue weighted by Gasteiger charge is 2.69. The van der Waals surface area contributed by atoms with Crippen molar-refractivity contribution in [2.45, 2.75) is 86.5 Å². The summed E-state index contributed by atoms with van der Waals surface area (Å²) in [5.74, 6) is -3.18. The number of ketones is 1. The number of carbonyl (C=O) groups excluding carboxylic acids is 7. The molecule has 0 spiro atoms. The lowest BCUT2D eigenvalue weighted by molar-refractivity contribution is -0.145. The van der Waals surface area contributed by atoms with Crippen LogP contribution in [0, 0.1) is 28.1 Å². The predicted molar refractivity (Wildman–Crippen MR) is 165 cm³/mol. The van der Waals surface area contributed by atoms with E-state index >= 15 is 0 Å². The van der Waals surface area contributed by atoms with E-state index in [4.69, 9.17) is 0 Å². The number of nitrogens with one attached hydrogen (secondary N) is 5. The summed E-state index contributed by atoms with van der Waals surface area (Å²) < 4.78 is 0. The maximum absolute atomic E-state index is 14.2. The van der Waals surface area contributed by atoms with Gasteiger partial charge in [-0.3, -0.25) is 28.9 Å². The van der Waals surface area contributed by atoms with Gasteiger partial charge in [0.25, 0.3) is 5.91 Å². The summed E-state index contributed by atoms with van der Waals surface area (Å²) in [7, 11) is 0. The van der Waals surface area contributed by atoms with Crippen molar-refractivity contribution in [3.63, 3.8) is 0 Å². The van der Waals surface area contributed by atoms with Crippen molar-refractivity contribution >= 4 is 41.5 Å². The van der Waals surface area contributed by atoms with Crippen LogP contribution in [0.3, 0.4) is 0 Å². The molecule has 2 heterocycles. The fourth-order valence-corrected chi connectivity index (χ4v) is 6.13. The standard InChI is InChI=1S/C31H49N7O7/c1-11-12-32-25(42)22(40)16(2)34-24(41)21-20-17(31(20,9)10)14-38(21)26(43)23(30(6,7)8)36-27(44)35-18(29(3,4)5)15-37-19(39)13-33-28(37)45/h11,16-18,20-21,23H,1,12-15H2,2-10H3,(H,32,42)(H,33,45)(H,34,41)(H2,35,36,44)/t16?,17-,18+,20-,21-,23+/m0/s1. The molecule has 5 N–H and O–H groups in total. The lowest BCUT2D eigenvalue weighted by Crippen LogP contribution is -2.62. The fourth-order valence-electron chi connectivity index (χ4n) is 6.13. The molecule has 14 heteroatoms. The number of fused-ring (bicyclic) bond motifs is 1. The van der Waals surface area contributed by atoms with Crippen LogP contribution in [0.2, 0.25) is 0 Å². The first kappa shape index (κ1) is 35.5. The molecule has 3 rings (SSSR count). The molecule has 14 nitrogen and oxygen atoms in total. The molecule has 6 atom stereocenters. The van der Waals surface area contributed by atoms with Gasteiger partial charge in [0.1, 0.15) is 12.1 Å². The van der Waals surface area contributed by atoms with Gasteiger partial charge in [0.15, 0.2) is 0 Å². The van der Waals surface area contributed by atoms with Crippen molar-refractivity contribution in [1.82, 2.24) is 36.4 Å². The Kier molecular flexibility index (Phi) is 10.1. The highest BCUT2D eigenvalue weighted by Crippen LogP contribution is 2.65. The summed E-state index contributed by atoms with van der Waals surface area (Å²) in [5, 5.41) is 13.1. The smallest absolute Gasteiger partial charge is 0.324 e. The molecule has 0 bridgehead atoms. The van der Waals surface area contributed by atoms with E-state index in [0.29, 0.717) is 6.54 Å². The minimum Gasteiger partial charge on any atom is -0.346 e. The Morgan fingerprint density at radius 1 is 1.02 bits per heavy atom. The zero-order valence-corrected chi connectivity index (χ0v) is 27.8. The molecule has 0 radical (unpaired) electrons. The third-order valence-corrected chi connectivity index (χ3v) is 9.18. The van der Waals surface area contributed by atoms with Gasteiger partial charge < -0.3 is 31.5 Å². The summed E-state index contributed by atoms with van der Waals surface area (Å²) in [5.41, 5.74) is -1.54. The fraction of sp³-hybridized carbons (Fsp3) is 0.710. The Morgan fingerprint density at radius 2 is 1.64 bits per heavy atom. The molecule has 3 fully saturated rings. The Labute approximate surface area is 264 Å². The van der Waals surface area contributed by atoms with Crippen molar-refractivity contribution in [3.8, 4) is 0 Å². The average molecular weight is 632 g/mol. The van der Waals surface area contributed by atoms with Gasteiger partial charge in [-0.25, -0.2) is 9.59 Å². The summed E-state index contributed by atoms with van der Waals surface area (Å²) in [6.45, 7) is 20.2. The Hall–Kier alpha value is -3.97. The molecule has 0 aromatic rings. The number of carbonyl (C=O) groups is 7. The molecule has 1 unspecified atom stereocenters. The van der Waals surface area contributed by atoms with Gasteiger partial charge in [-0.15, -0.1) is 6.58 Å². The Balaban J connectivity index is 1.78. The lowest BCUT2D eigenvalue weighted by atomic mass is 9.85. The molecular weight excluding hydrogens is 582 g/mol. The maximum Gasteiger partial charge on any atom is 0.324 e. The van der Waals surface area contributed by atoms with Gasteiger partial charge in [-0.1, -0.05) is 61.5 Å². The molecule has 8 amide bonds. The molecule has 3 aliphatic rings. The SMILES string of the molecule is C=CCNC(=O)C(=O)C(C)NC(=O)[C@@H]1[C@@H]2[C@H](CN1C(=O)[C@@H](NC(=O)N[C@H](CN1C(=O)CNC1=O)C(C)(C)C)C(C)(C)C)C2(C)C. The van der Waals surface area contributed by atoms with Crippen LogP contribution in [0.15, 0.2) is 12.7 Å². The molecule has 1 saturated carbocycles. The maximum atomic E-state index is 14.2. The van der Waals surface area contributed by atoms with Crippen LogP contribution in [-0.2, 0) is 24.0 Å². The molecule has 1 aliphatic carbocycles. The zero-order valence-electron chi connectivity index (χ0n) is 27.8. The monoisotopic (exact) mass is 631 g/mol. The van der Waals surface area contributed by atoms with E-state index in [2.05, 4.69) is 33.2 Å². The molecule has 0 aromatic carbocycles. The third kappa shape index (κ3) is 7.64. The molecule has 45 heavy (non-hydrogen) atoms. The van der Waals surface area contributed by atoms with Gasteiger partial charge in [0.05, 0.1) is 25.2 Å². The van der Waals surface area contributed by atoms with Crippen molar-refractivity contribution < 1.29 is 33.6 Å². The highest BCUT2D eigenvalue weighted by atomic mass is 16.2. The first-order chi connectivity index (χ1) is 20.6. The number of amides is 8. The van der Waals surface area contributed by atoms with Crippen LogP contribution in [0.1, 0.15) is 62.3 Å². The molecule has 0 aromatic heterocycles. The minimum atomic E-state index is -1.12. The normalized spacial score (nSPS) is 24.1. The topological polar surface area (TPSA) is 186 Å². The molecule has 2 aliphatic heterocycles. The minimum absolute atomic E-state index is 0.0444. The lowest BCUT2D eigenvalue weighted by Gasteiger charge is -2.39. The van der Waals surface area contributed by atoms with Crippen LogP contribution in [0.25, 0.3) is 0 Å². The second-order valence-corrected chi connectivity index (χ2v) is 15.0. The van der Waals surface area contributed by atoms with Gasteiger partial charge in [0.2, 0.25) is 23.5 Å². The van der Waals surface area contributed by atoms with E-state index in [9.17, 15) is 33.6 Å². The summed E-state index contributed by atoms with van der Waals surface area (Å²) in [6.07, 6.45) is 1.43. The van der Waals surface area contributed by atoms with E-state index in [1.165, 1.54) is 17.9 Å². The van der Waals surface area contributed by atoms with Crippen molar-refractivity contribution in [2.75, 3.05) is 26.2 Å². The molecular formula is C31H49N7O7. The number of Topliss-reactive ketones (excluding diaryl/α,β-unsaturated/α-hetero) is 1. The van der Waals surface area contributed by atoms with Gasteiger partial charge in [-0.2, -0.15) is 0 Å². The number of rotatable bonds is 11. The van der Waals surface area contributed by atoms with Crippen LogP contribution in [0.4, 0.5) is 9.59 Å². The van der Waals surface area contributed by atoms with Gasteiger partial charge >= 0.3 is 12.1 Å². The van der Waals surface area contributed by atoms with Gasteiger partial charge in [0, 0.05) is 13.1 Å². The highest BCUT2D eigenvalue weighted by molar-refractivity contribution is 6.38. The number of urea groups is 2. The molecule has 250 valence electrons. The number of imide groups is 1. The van der Waals surface area contributed by atoms with Crippen molar-refractivity contribution in [2.24, 2.45) is 28.1 Å². The summed E-state index contributed by atoms with van der Waals surface area (Å²) >= 11 is 0. The van der Waals surface area contributed by atoms with Crippen molar-refractivity contribution in [3.05, 3.63) is 12.7 Å². The second-order valence-electron chi connectivity index (χ2n) is 15.0. The average Bonchev–Trinajstić information content (AvgIpc) is 3.22. The van der Waals surface area contributed by atoms with E-state index in [1.54, 1.807) is 20.8 Å². The van der Waals surface area contributed by atoms with E-state index in [-0.39, 0.29) is 36.9 Å². The van der Waals surface area contributed by atoms with Crippen LogP contribution >= 0.6 is 0 Å². The number of nitrogens with zero attached hydrogens (tertiary/aromatic N) is 2. The number of hydrogen-bond donors (Lipinski definition) is 5. The van der Waals surface area contributed by atoms with Crippen LogP contribution in [0.5, 0.6) is 0 Å². The Bertz CT molecular complexity index is 1250. The summed E-state index contributed by atoms with van der Waals surface area (Å²) in [4.78, 5) is 92.8. The first-order valence-corrected chi connectivity index (χ1v) is 15.3. The quantitative estimate of drug-likeness (QED) is 0.125. The van der Waals surface area contributed by atoms with E-state index < -0.39 is 76.5 Å². The summed E-state index contributed by atoms with van der Waals surface area (Å²) in [6, 6.07) is -4.91. The van der Waals surface area contributed by atoms with Crippen LogP contribution in [-0.4, -0.2) is 102 Å². The molecule has 2 saturated heterocycles. The number of likely N-dealkylation sites (tertiary alicyclic amines) is 1. The van der Waals surface area contributed by atoms with Gasteiger partial charge in [-0.05, 0) is 35.0 Å². The predicted octanol–water partition coefficient (Wildman–Crippen LogP) is 0.526. The number of hydrogen-bond acceptors (Lipinski definition) is 7.